The third-order valence-electron chi connectivity index (χ3n) is 3.79. The molecule has 0 fully saturated rings. The third-order valence-corrected chi connectivity index (χ3v) is 3.79. The van der Waals surface area contributed by atoms with Gasteiger partial charge in [0.2, 0.25) is 0 Å². The maximum atomic E-state index is 11.3. The van der Waals surface area contributed by atoms with Crippen LogP contribution >= 0.6 is 0 Å². The number of carbonyl (C=O) groups excluding carboxylic acids is 1. The van der Waals surface area contributed by atoms with Gasteiger partial charge in [-0.3, -0.25) is 4.79 Å². The van der Waals surface area contributed by atoms with E-state index in [-0.39, 0.29) is 5.78 Å². The average molecular weight is 266 g/mol. The van der Waals surface area contributed by atoms with Crippen molar-refractivity contribution in [1.82, 2.24) is 4.98 Å². The molecule has 0 spiro atoms. The third kappa shape index (κ3) is 2.44. The van der Waals surface area contributed by atoms with Crippen molar-refractivity contribution in [2.24, 2.45) is 0 Å². The lowest BCUT2D eigenvalue weighted by molar-refractivity contribution is 0.101. The van der Waals surface area contributed by atoms with Gasteiger partial charge >= 0.3 is 0 Å². The Morgan fingerprint density at radius 1 is 1.15 bits per heavy atom. The molecule has 0 unspecified atom stereocenters. The van der Waals surface area contributed by atoms with Crippen molar-refractivity contribution in [3.8, 4) is 0 Å². The number of rotatable bonds is 2. The first-order valence-electron chi connectivity index (χ1n) is 7.08. The fourth-order valence-corrected chi connectivity index (χ4v) is 2.68. The van der Waals surface area contributed by atoms with E-state index in [0.717, 1.165) is 25.2 Å². The van der Waals surface area contributed by atoms with Crippen molar-refractivity contribution in [3.63, 3.8) is 0 Å². The fraction of sp³-hybridized carbons (Fsp3) is 0.294. The zero-order valence-corrected chi connectivity index (χ0v) is 11.7. The van der Waals surface area contributed by atoms with E-state index in [2.05, 4.69) is 34.1 Å². The van der Waals surface area contributed by atoms with Crippen LogP contribution in [0.3, 0.4) is 0 Å². The lowest BCUT2D eigenvalue weighted by atomic mass is 10.1. The SMILES string of the molecule is CC(=O)c1ccc(N2CCCCc3ccccc32)nc1. The molecular weight excluding hydrogens is 248 g/mol. The number of aryl methyl sites for hydroxylation is 1. The van der Waals surface area contributed by atoms with E-state index < -0.39 is 0 Å². The first-order valence-corrected chi connectivity index (χ1v) is 7.08. The van der Waals surface area contributed by atoms with Crippen LogP contribution in [-0.4, -0.2) is 17.3 Å². The number of nitrogens with zero attached hydrogens (tertiary/aromatic N) is 2. The van der Waals surface area contributed by atoms with Gasteiger partial charge in [-0.1, -0.05) is 18.2 Å². The van der Waals surface area contributed by atoms with Crippen LogP contribution in [0.5, 0.6) is 0 Å². The highest BCUT2D eigenvalue weighted by molar-refractivity contribution is 5.93. The molecule has 0 radical (unpaired) electrons. The molecule has 1 aromatic carbocycles. The summed E-state index contributed by atoms with van der Waals surface area (Å²) < 4.78 is 0. The Labute approximate surface area is 119 Å². The van der Waals surface area contributed by atoms with Crippen molar-refractivity contribution < 1.29 is 4.79 Å². The first kappa shape index (κ1) is 12.9. The first-order chi connectivity index (χ1) is 9.75. The molecule has 0 atom stereocenters. The van der Waals surface area contributed by atoms with E-state index in [9.17, 15) is 4.79 Å². The summed E-state index contributed by atoms with van der Waals surface area (Å²) in [6.45, 7) is 2.54. The number of benzene rings is 1. The van der Waals surface area contributed by atoms with Crippen LogP contribution in [-0.2, 0) is 6.42 Å². The summed E-state index contributed by atoms with van der Waals surface area (Å²) in [6, 6.07) is 12.3. The van der Waals surface area contributed by atoms with E-state index in [4.69, 9.17) is 0 Å². The molecule has 3 rings (SSSR count). The predicted molar refractivity (Wildman–Crippen MR) is 80.6 cm³/mol. The van der Waals surface area contributed by atoms with Gasteiger partial charge < -0.3 is 4.90 Å². The number of ketones is 1. The lowest BCUT2D eigenvalue weighted by Crippen LogP contribution is -2.19. The van der Waals surface area contributed by atoms with E-state index in [0.29, 0.717) is 5.56 Å². The van der Waals surface area contributed by atoms with Gasteiger partial charge in [-0.05, 0) is 49.9 Å². The normalized spacial score (nSPS) is 14.6. The van der Waals surface area contributed by atoms with Crippen molar-refractivity contribution in [2.75, 3.05) is 11.4 Å². The molecule has 0 aliphatic carbocycles. The van der Waals surface area contributed by atoms with E-state index in [1.165, 1.54) is 17.7 Å². The Morgan fingerprint density at radius 2 is 2.00 bits per heavy atom. The van der Waals surface area contributed by atoms with Crippen molar-refractivity contribution in [1.29, 1.82) is 0 Å². The van der Waals surface area contributed by atoms with E-state index >= 15 is 0 Å². The van der Waals surface area contributed by atoms with Gasteiger partial charge in [0.1, 0.15) is 5.82 Å². The summed E-state index contributed by atoms with van der Waals surface area (Å²) in [5.41, 5.74) is 3.28. The molecule has 0 saturated carbocycles. The number of fused-ring (bicyclic) bond motifs is 1. The topological polar surface area (TPSA) is 33.2 Å². The Balaban J connectivity index is 1.98. The Bertz CT molecular complexity index is 619. The molecule has 1 aliphatic heterocycles. The zero-order valence-electron chi connectivity index (χ0n) is 11.7. The lowest BCUT2D eigenvalue weighted by Gasteiger charge is -2.24. The summed E-state index contributed by atoms with van der Waals surface area (Å²) in [4.78, 5) is 18.1. The van der Waals surface area contributed by atoms with Gasteiger partial charge in [-0.2, -0.15) is 0 Å². The van der Waals surface area contributed by atoms with Gasteiger partial charge in [0, 0.05) is 24.0 Å². The van der Waals surface area contributed by atoms with Crippen molar-refractivity contribution >= 4 is 17.3 Å². The molecule has 102 valence electrons. The summed E-state index contributed by atoms with van der Waals surface area (Å²) >= 11 is 0. The van der Waals surface area contributed by atoms with Gasteiger partial charge in [-0.15, -0.1) is 0 Å². The standard InChI is InChI=1S/C17H18N2O/c1-13(20)15-9-10-17(18-12-15)19-11-5-4-7-14-6-2-3-8-16(14)19/h2-3,6,8-10,12H,4-5,7,11H2,1H3. The summed E-state index contributed by atoms with van der Waals surface area (Å²) in [7, 11) is 0. The van der Waals surface area contributed by atoms with Crippen molar-refractivity contribution in [3.05, 3.63) is 53.7 Å². The molecular formula is C17H18N2O. The minimum atomic E-state index is 0.0558. The number of carbonyl (C=O) groups is 1. The second-order valence-corrected chi connectivity index (χ2v) is 5.20. The van der Waals surface area contributed by atoms with Gasteiger partial charge in [0.25, 0.3) is 0 Å². The maximum absolute atomic E-state index is 11.3. The average Bonchev–Trinajstić information content (AvgIpc) is 2.69. The van der Waals surface area contributed by atoms with Gasteiger partial charge in [0.15, 0.2) is 5.78 Å². The second kappa shape index (κ2) is 5.45. The number of anilines is 2. The number of hydrogen-bond donors (Lipinski definition) is 0. The van der Waals surface area contributed by atoms with Crippen LogP contribution in [0.4, 0.5) is 11.5 Å². The molecule has 3 nitrogen and oxygen atoms in total. The van der Waals surface area contributed by atoms with Gasteiger partial charge in [0.05, 0.1) is 0 Å². The number of pyridine rings is 1. The molecule has 1 aromatic heterocycles. The quantitative estimate of drug-likeness (QED) is 0.776. The number of aromatic nitrogens is 1. The number of hydrogen-bond acceptors (Lipinski definition) is 3. The molecule has 0 bridgehead atoms. The summed E-state index contributed by atoms with van der Waals surface area (Å²) in [5.74, 6) is 0.977. The smallest absolute Gasteiger partial charge is 0.161 e. The Morgan fingerprint density at radius 3 is 2.75 bits per heavy atom. The number of para-hydroxylation sites is 1. The van der Waals surface area contributed by atoms with Crippen LogP contribution in [0, 0.1) is 0 Å². The van der Waals surface area contributed by atoms with Crippen LogP contribution in [0.2, 0.25) is 0 Å². The molecule has 2 heterocycles. The number of Topliss-reactive ketones (excluding diaryl/α,β-unsaturated/α-hetero) is 1. The molecule has 3 heteroatoms. The largest absolute Gasteiger partial charge is 0.326 e. The summed E-state index contributed by atoms with van der Waals surface area (Å²) in [5, 5.41) is 0. The highest BCUT2D eigenvalue weighted by atomic mass is 16.1. The molecule has 20 heavy (non-hydrogen) atoms. The molecule has 0 N–H and O–H groups in total. The second-order valence-electron chi connectivity index (χ2n) is 5.20. The van der Waals surface area contributed by atoms with Gasteiger partial charge in [-0.25, -0.2) is 4.98 Å². The molecule has 0 amide bonds. The van der Waals surface area contributed by atoms with Crippen LogP contribution in [0.25, 0.3) is 0 Å². The minimum Gasteiger partial charge on any atom is -0.326 e. The minimum absolute atomic E-state index is 0.0558. The predicted octanol–water partition coefficient (Wildman–Crippen LogP) is 3.76. The molecule has 2 aromatic rings. The van der Waals surface area contributed by atoms with E-state index in [1.807, 2.05) is 12.1 Å². The Kier molecular flexibility index (Phi) is 3.50. The van der Waals surface area contributed by atoms with Crippen LogP contribution < -0.4 is 4.90 Å². The molecule has 0 saturated heterocycles. The molecule has 1 aliphatic rings. The van der Waals surface area contributed by atoms with Crippen LogP contribution in [0.15, 0.2) is 42.6 Å². The Hall–Kier alpha value is -2.16. The summed E-state index contributed by atoms with van der Waals surface area (Å²) in [6.07, 6.45) is 5.16. The highest BCUT2D eigenvalue weighted by Gasteiger charge is 2.17. The van der Waals surface area contributed by atoms with Crippen molar-refractivity contribution in [2.45, 2.75) is 26.2 Å². The van der Waals surface area contributed by atoms with Crippen LogP contribution in [0.1, 0.15) is 35.7 Å². The maximum Gasteiger partial charge on any atom is 0.161 e. The fourth-order valence-electron chi connectivity index (χ4n) is 2.68. The zero-order chi connectivity index (χ0) is 13.9. The highest BCUT2D eigenvalue weighted by Crippen LogP contribution is 2.31. The monoisotopic (exact) mass is 266 g/mol. The van der Waals surface area contributed by atoms with E-state index in [1.54, 1.807) is 13.1 Å².